The fourth-order valence-electron chi connectivity index (χ4n) is 12.2. The number of carbonyl (C=O) groups is 1. The Hall–Kier alpha value is -0.890. The molecule has 0 aliphatic carbocycles. The molecule has 0 radical (unpaired) electrons. The van der Waals surface area contributed by atoms with E-state index in [0.29, 0.717) is 19.3 Å². The van der Waals surface area contributed by atoms with Gasteiger partial charge < -0.3 is 50.5 Å². The van der Waals surface area contributed by atoms with Crippen molar-refractivity contribution >= 4 is 5.91 Å². The SMILES string of the molecule is CCCCCCCCCCCCCCCCCCCCCCCCCCCCCCCC(O)C(O)C(COC1OC(CO)C(O)C(O)C1O)NC(=O)C(O)CCCCCCCCCCCCCCCCCCCCCCCCCCC. The van der Waals surface area contributed by atoms with Gasteiger partial charge in [-0.15, -0.1) is 0 Å². The van der Waals surface area contributed by atoms with E-state index in [1.165, 1.54) is 295 Å². The second-order valence-electron chi connectivity index (χ2n) is 25.7. The van der Waals surface area contributed by atoms with Gasteiger partial charge in [-0.2, -0.15) is 0 Å². The maximum Gasteiger partial charge on any atom is 0.249 e. The number of nitrogens with one attached hydrogen (secondary N) is 1. The molecule has 484 valence electrons. The molecule has 9 atom stereocenters. The first-order chi connectivity index (χ1) is 39.7. The molecule has 11 heteroatoms. The lowest BCUT2D eigenvalue weighted by atomic mass is 9.98. The van der Waals surface area contributed by atoms with Gasteiger partial charge >= 0.3 is 0 Å². The van der Waals surface area contributed by atoms with Gasteiger partial charge in [0.15, 0.2) is 6.29 Å². The summed E-state index contributed by atoms with van der Waals surface area (Å²) in [4.78, 5) is 13.3. The van der Waals surface area contributed by atoms with Gasteiger partial charge in [0.2, 0.25) is 5.91 Å². The molecule has 0 saturated carbocycles. The van der Waals surface area contributed by atoms with E-state index in [4.69, 9.17) is 9.47 Å². The van der Waals surface area contributed by atoms with Gasteiger partial charge in [-0.1, -0.05) is 361 Å². The Morgan fingerprint density at radius 1 is 0.383 bits per heavy atom. The van der Waals surface area contributed by atoms with Gasteiger partial charge in [0.05, 0.1) is 25.4 Å². The number of hydrogen-bond donors (Lipinski definition) is 8. The first kappa shape index (κ1) is 78.1. The molecular weight excluding hydrogens is 1010 g/mol. The monoisotopic (exact) mass is 1150 g/mol. The topological polar surface area (TPSA) is 189 Å². The zero-order valence-corrected chi connectivity index (χ0v) is 53.6. The van der Waals surface area contributed by atoms with Crippen LogP contribution in [-0.4, -0.2) is 110 Å². The fourth-order valence-corrected chi connectivity index (χ4v) is 12.2. The molecule has 0 aromatic heterocycles. The third-order valence-electron chi connectivity index (χ3n) is 17.9. The molecule has 1 aliphatic heterocycles. The lowest BCUT2D eigenvalue weighted by Crippen LogP contribution is -2.60. The molecule has 11 nitrogen and oxygen atoms in total. The van der Waals surface area contributed by atoms with Crippen molar-refractivity contribution in [2.45, 2.75) is 428 Å². The molecule has 0 aromatic rings. The Morgan fingerprint density at radius 2 is 0.642 bits per heavy atom. The molecule has 1 aliphatic rings. The zero-order chi connectivity index (χ0) is 58.9. The number of rotatable bonds is 64. The molecule has 1 rings (SSSR count). The van der Waals surface area contributed by atoms with Crippen LogP contribution in [0.1, 0.15) is 373 Å². The third-order valence-corrected chi connectivity index (χ3v) is 17.9. The van der Waals surface area contributed by atoms with Crippen molar-refractivity contribution in [1.82, 2.24) is 5.32 Å². The van der Waals surface area contributed by atoms with Crippen LogP contribution in [0.2, 0.25) is 0 Å². The van der Waals surface area contributed by atoms with Crippen molar-refractivity contribution in [2.75, 3.05) is 13.2 Å². The standard InChI is InChI=1S/C70H139NO10/c1-3-5-7-9-11-13-15-17-19-21-23-25-27-29-30-31-32-34-35-37-39-41-43-45-47-49-51-53-55-57-62(73)65(75)61(60-80-70-68(78)67(77)66(76)64(59-72)81-70)71-69(79)63(74)58-56-54-52-50-48-46-44-42-40-38-36-33-28-26-24-22-20-18-16-14-12-10-8-6-4-2/h61-68,70,72-78H,3-60H2,1-2H3,(H,71,79). The molecular formula is C70H139NO10. The van der Waals surface area contributed by atoms with E-state index < -0.39 is 74.2 Å². The molecule has 1 saturated heterocycles. The number of carbonyl (C=O) groups excluding carboxylic acids is 1. The number of ether oxygens (including phenoxy) is 2. The molecule has 1 fully saturated rings. The summed E-state index contributed by atoms with van der Waals surface area (Å²) in [5.41, 5.74) is 0. The van der Waals surface area contributed by atoms with Crippen molar-refractivity contribution in [1.29, 1.82) is 0 Å². The van der Waals surface area contributed by atoms with Crippen molar-refractivity contribution in [2.24, 2.45) is 0 Å². The lowest BCUT2D eigenvalue weighted by molar-refractivity contribution is -0.303. The van der Waals surface area contributed by atoms with Crippen LogP contribution in [0.15, 0.2) is 0 Å². The van der Waals surface area contributed by atoms with E-state index in [1.807, 2.05) is 0 Å². The predicted octanol–water partition coefficient (Wildman–Crippen LogP) is 17.3. The van der Waals surface area contributed by atoms with Crippen LogP contribution >= 0.6 is 0 Å². The summed E-state index contributed by atoms with van der Waals surface area (Å²) in [5.74, 6) is -0.686. The Balaban J connectivity index is 2.18. The molecule has 1 heterocycles. The predicted molar refractivity (Wildman–Crippen MR) is 340 cm³/mol. The Bertz CT molecular complexity index is 1280. The average Bonchev–Trinajstić information content (AvgIpc) is 3.51. The Labute approximate surface area is 500 Å². The number of aliphatic hydroxyl groups excluding tert-OH is 7. The summed E-state index contributed by atoms with van der Waals surface area (Å²) in [6, 6.07) is -1.16. The second kappa shape index (κ2) is 59.4. The smallest absolute Gasteiger partial charge is 0.249 e. The molecule has 0 spiro atoms. The Kier molecular flexibility index (Phi) is 57.3. The van der Waals surface area contributed by atoms with Gasteiger partial charge in [0, 0.05) is 0 Å². The van der Waals surface area contributed by atoms with Crippen molar-refractivity contribution in [3.63, 3.8) is 0 Å². The highest BCUT2D eigenvalue weighted by molar-refractivity contribution is 5.80. The summed E-state index contributed by atoms with van der Waals surface area (Å²) in [7, 11) is 0. The number of amides is 1. The fraction of sp³-hybridized carbons (Fsp3) is 0.986. The van der Waals surface area contributed by atoms with E-state index in [9.17, 15) is 40.5 Å². The lowest BCUT2D eigenvalue weighted by Gasteiger charge is -2.40. The van der Waals surface area contributed by atoms with Gasteiger partial charge in [0.1, 0.15) is 36.6 Å². The van der Waals surface area contributed by atoms with E-state index in [-0.39, 0.29) is 6.42 Å². The highest BCUT2D eigenvalue weighted by atomic mass is 16.7. The van der Waals surface area contributed by atoms with E-state index in [0.717, 1.165) is 38.5 Å². The summed E-state index contributed by atoms with van der Waals surface area (Å²) in [5, 5.41) is 76.6. The second-order valence-corrected chi connectivity index (χ2v) is 25.7. The van der Waals surface area contributed by atoms with Crippen LogP contribution in [-0.2, 0) is 14.3 Å². The average molecular weight is 1150 g/mol. The quantitative estimate of drug-likeness (QED) is 0.0272. The van der Waals surface area contributed by atoms with Gasteiger partial charge in [0.25, 0.3) is 0 Å². The van der Waals surface area contributed by atoms with E-state index in [1.54, 1.807) is 0 Å². The zero-order valence-electron chi connectivity index (χ0n) is 53.6. The van der Waals surface area contributed by atoms with Crippen LogP contribution in [0, 0.1) is 0 Å². The minimum Gasteiger partial charge on any atom is -0.394 e. The molecule has 8 N–H and O–H groups in total. The largest absolute Gasteiger partial charge is 0.394 e. The third kappa shape index (κ3) is 46.9. The van der Waals surface area contributed by atoms with Crippen LogP contribution in [0.25, 0.3) is 0 Å². The van der Waals surface area contributed by atoms with Crippen LogP contribution in [0.4, 0.5) is 0 Å². The molecule has 0 bridgehead atoms. The number of hydrogen-bond acceptors (Lipinski definition) is 10. The van der Waals surface area contributed by atoms with Gasteiger partial charge in [-0.3, -0.25) is 4.79 Å². The first-order valence-electron chi connectivity index (χ1n) is 35.9. The molecule has 0 aromatic carbocycles. The summed E-state index contributed by atoms with van der Waals surface area (Å²) < 4.78 is 11.2. The maximum atomic E-state index is 13.3. The normalized spacial score (nSPS) is 19.0. The van der Waals surface area contributed by atoms with Crippen LogP contribution in [0.3, 0.4) is 0 Å². The van der Waals surface area contributed by atoms with Gasteiger partial charge in [-0.05, 0) is 12.8 Å². The van der Waals surface area contributed by atoms with Gasteiger partial charge in [-0.25, -0.2) is 0 Å². The summed E-state index contributed by atoms with van der Waals surface area (Å²) in [6.45, 7) is 3.53. The minimum atomic E-state index is -1.66. The number of aliphatic hydroxyl groups is 7. The minimum absolute atomic E-state index is 0.268. The summed E-state index contributed by atoms with van der Waals surface area (Å²) in [6.07, 6.45) is 60.4. The first-order valence-corrected chi connectivity index (χ1v) is 35.9. The summed E-state index contributed by atoms with van der Waals surface area (Å²) >= 11 is 0. The molecule has 81 heavy (non-hydrogen) atoms. The highest BCUT2D eigenvalue weighted by Crippen LogP contribution is 2.24. The van der Waals surface area contributed by atoms with Crippen molar-refractivity contribution in [3.8, 4) is 0 Å². The van der Waals surface area contributed by atoms with Crippen LogP contribution in [0.5, 0.6) is 0 Å². The van der Waals surface area contributed by atoms with Crippen LogP contribution < -0.4 is 5.32 Å². The molecule has 9 unspecified atom stereocenters. The molecule has 1 amide bonds. The maximum absolute atomic E-state index is 13.3. The van der Waals surface area contributed by atoms with E-state index in [2.05, 4.69) is 19.2 Å². The Morgan fingerprint density at radius 3 is 0.914 bits per heavy atom. The number of unbranched alkanes of at least 4 members (excludes halogenated alkanes) is 52. The van der Waals surface area contributed by atoms with Crippen molar-refractivity contribution in [3.05, 3.63) is 0 Å². The van der Waals surface area contributed by atoms with Crippen molar-refractivity contribution < 1.29 is 50.0 Å². The van der Waals surface area contributed by atoms with E-state index >= 15 is 0 Å². The highest BCUT2D eigenvalue weighted by Gasteiger charge is 2.44.